The molecule has 3 rings (SSSR count). The highest BCUT2D eigenvalue weighted by Crippen LogP contribution is 2.26. The summed E-state index contributed by atoms with van der Waals surface area (Å²) in [4.78, 5) is 11.7. The fraction of sp³-hybridized carbons (Fsp3) is 0.0909. The Morgan fingerprint density at radius 3 is 2.74 bits per heavy atom. The maximum absolute atomic E-state index is 11.7. The lowest BCUT2D eigenvalue weighted by Gasteiger charge is -1.97. The Balaban J connectivity index is 2.27. The van der Waals surface area contributed by atoms with Crippen LogP contribution in [0.25, 0.3) is 22.6 Å². The fourth-order valence-corrected chi connectivity index (χ4v) is 3.20. The van der Waals surface area contributed by atoms with Gasteiger partial charge in [0.05, 0.1) is 10.4 Å². The molecule has 0 amide bonds. The smallest absolute Gasteiger partial charge is 0.180 e. The first kappa shape index (κ1) is 12.1. The SMILES string of the molecule is CS(=O)(=O)c1cccc2[nH]c(-c3csc(N)n3)nc12. The van der Waals surface area contributed by atoms with E-state index in [1.54, 1.807) is 17.5 Å². The van der Waals surface area contributed by atoms with Gasteiger partial charge in [-0.1, -0.05) is 6.07 Å². The molecule has 19 heavy (non-hydrogen) atoms. The lowest BCUT2D eigenvalue weighted by Crippen LogP contribution is -1.97. The number of nitrogens with zero attached hydrogens (tertiary/aromatic N) is 2. The molecule has 98 valence electrons. The Kier molecular flexibility index (Phi) is 2.58. The standard InChI is InChI=1S/C11H10N4O2S2/c1-19(16,17)8-4-2-3-6-9(8)15-10(13-6)7-5-18-11(12)14-7/h2-5H,1H3,(H2,12,14)(H,13,15). The van der Waals surface area contributed by atoms with E-state index in [0.29, 0.717) is 27.7 Å². The third-order valence-corrected chi connectivity index (χ3v) is 4.44. The minimum atomic E-state index is -3.32. The molecule has 6 nitrogen and oxygen atoms in total. The van der Waals surface area contributed by atoms with Crippen LogP contribution in [-0.4, -0.2) is 29.6 Å². The molecule has 0 bridgehead atoms. The van der Waals surface area contributed by atoms with Gasteiger partial charge in [0.15, 0.2) is 20.8 Å². The zero-order valence-corrected chi connectivity index (χ0v) is 11.5. The Morgan fingerprint density at radius 2 is 2.11 bits per heavy atom. The zero-order valence-electron chi connectivity index (χ0n) is 9.91. The molecule has 3 aromatic rings. The topological polar surface area (TPSA) is 102 Å². The molecular weight excluding hydrogens is 284 g/mol. The summed E-state index contributed by atoms with van der Waals surface area (Å²) in [5.74, 6) is 0.513. The largest absolute Gasteiger partial charge is 0.375 e. The number of para-hydroxylation sites is 1. The van der Waals surface area contributed by atoms with Crippen molar-refractivity contribution in [3.8, 4) is 11.5 Å². The molecular formula is C11H10N4O2S2. The molecule has 2 aromatic heterocycles. The van der Waals surface area contributed by atoms with Gasteiger partial charge in [0.2, 0.25) is 0 Å². The third-order valence-electron chi connectivity index (χ3n) is 2.64. The summed E-state index contributed by atoms with van der Waals surface area (Å²) in [6.45, 7) is 0. The van der Waals surface area contributed by atoms with Gasteiger partial charge in [0, 0.05) is 11.6 Å². The molecule has 0 aliphatic heterocycles. The van der Waals surface area contributed by atoms with Gasteiger partial charge in [-0.3, -0.25) is 0 Å². The summed E-state index contributed by atoms with van der Waals surface area (Å²) >= 11 is 1.31. The van der Waals surface area contributed by atoms with Crippen molar-refractivity contribution >= 4 is 37.3 Å². The van der Waals surface area contributed by atoms with Crippen molar-refractivity contribution in [1.82, 2.24) is 15.0 Å². The minimum Gasteiger partial charge on any atom is -0.375 e. The number of hydrogen-bond acceptors (Lipinski definition) is 6. The summed E-state index contributed by atoms with van der Waals surface area (Å²) in [5, 5.41) is 2.21. The van der Waals surface area contributed by atoms with Crippen LogP contribution in [0.3, 0.4) is 0 Å². The molecule has 0 saturated carbocycles. The number of nitrogens with two attached hydrogens (primary N) is 1. The van der Waals surface area contributed by atoms with E-state index in [1.807, 2.05) is 0 Å². The van der Waals surface area contributed by atoms with Gasteiger partial charge in [-0.15, -0.1) is 11.3 Å². The second kappa shape index (κ2) is 4.04. The second-order valence-electron chi connectivity index (χ2n) is 4.08. The van der Waals surface area contributed by atoms with Crippen LogP contribution in [0.4, 0.5) is 5.13 Å². The number of aromatic amines is 1. The summed E-state index contributed by atoms with van der Waals surface area (Å²) < 4.78 is 23.4. The first-order valence-electron chi connectivity index (χ1n) is 5.35. The number of sulfone groups is 1. The number of thiazole rings is 1. The number of rotatable bonds is 2. The van der Waals surface area contributed by atoms with Gasteiger partial charge in [0.1, 0.15) is 11.2 Å². The van der Waals surface area contributed by atoms with Crippen LogP contribution >= 0.6 is 11.3 Å². The number of imidazole rings is 1. The predicted octanol–water partition coefficient (Wildman–Crippen LogP) is 1.67. The Morgan fingerprint density at radius 1 is 1.32 bits per heavy atom. The average molecular weight is 294 g/mol. The van der Waals surface area contributed by atoms with Gasteiger partial charge in [-0.2, -0.15) is 0 Å². The van der Waals surface area contributed by atoms with Crippen molar-refractivity contribution in [3.63, 3.8) is 0 Å². The number of H-pyrrole nitrogens is 1. The molecule has 0 radical (unpaired) electrons. The number of nitrogens with one attached hydrogen (secondary N) is 1. The van der Waals surface area contributed by atoms with Gasteiger partial charge < -0.3 is 10.7 Å². The fourth-order valence-electron chi connectivity index (χ4n) is 1.82. The molecule has 2 heterocycles. The van der Waals surface area contributed by atoms with E-state index in [2.05, 4.69) is 15.0 Å². The maximum atomic E-state index is 11.7. The second-order valence-corrected chi connectivity index (χ2v) is 6.95. The van der Waals surface area contributed by atoms with E-state index in [9.17, 15) is 8.42 Å². The first-order valence-corrected chi connectivity index (χ1v) is 8.12. The van der Waals surface area contributed by atoms with Crippen LogP contribution in [0.15, 0.2) is 28.5 Å². The molecule has 0 aliphatic rings. The highest BCUT2D eigenvalue weighted by Gasteiger charge is 2.16. The van der Waals surface area contributed by atoms with Crippen molar-refractivity contribution in [2.45, 2.75) is 4.90 Å². The molecule has 0 saturated heterocycles. The van der Waals surface area contributed by atoms with Gasteiger partial charge >= 0.3 is 0 Å². The first-order chi connectivity index (χ1) is 8.95. The summed E-state index contributed by atoms with van der Waals surface area (Å²) in [6, 6.07) is 4.99. The van der Waals surface area contributed by atoms with Crippen LogP contribution < -0.4 is 5.73 Å². The molecule has 8 heteroatoms. The van der Waals surface area contributed by atoms with Crippen LogP contribution in [0.2, 0.25) is 0 Å². The Bertz CT molecular complexity index is 864. The Labute approximate surface area is 113 Å². The molecule has 0 spiro atoms. The average Bonchev–Trinajstić information content (AvgIpc) is 2.92. The number of aromatic nitrogens is 3. The molecule has 0 fully saturated rings. The van der Waals surface area contributed by atoms with Crippen LogP contribution in [0.1, 0.15) is 0 Å². The molecule has 0 unspecified atom stereocenters. The third kappa shape index (κ3) is 2.08. The van der Waals surface area contributed by atoms with Crippen molar-refractivity contribution in [2.75, 3.05) is 12.0 Å². The van der Waals surface area contributed by atoms with Crippen molar-refractivity contribution in [2.24, 2.45) is 0 Å². The van der Waals surface area contributed by atoms with Gasteiger partial charge in [-0.25, -0.2) is 18.4 Å². The summed E-state index contributed by atoms with van der Waals surface area (Å²) in [6.07, 6.45) is 1.16. The van der Waals surface area contributed by atoms with E-state index in [4.69, 9.17) is 5.73 Å². The number of benzene rings is 1. The number of hydrogen-bond donors (Lipinski definition) is 2. The molecule has 1 aromatic carbocycles. The van der Waals surface area contributed by atoms with E-state index in [0.717, 1.165) is 6.26 Å². The van der Waals surface area contributed by atoms with Crippen molar-refractivity contribution < 1.29 is 8.42 Å². The predicted molar refractivity (Wildman–Crippen MR) is 74.7 cm³/mol. The van der Waals surface area contributed by atoms with Gasteiger partial charge in [-0.05, 0) is 12.1 Å². The van der Waals surface area contributed by atoms with Crippen molar-refractivity contribution in [1.29, 1.82) is 0 Å². The van der Waals surface area contributed by atoms with Crippen LogP contribution in [-0.2, 0) is 9.84 Å². The summed E-state index contributed by atoms with van der Waals surface area (Å²) in [5.41, 5.74) is 7.27. The zero-order chi connectivity index (χ0) is 13.6. The normalized spacial score (nSPS) is 12.1. The highest BCUT2D eigenvalue weighted by atomic mass is 32.2. The molecule has 0 aliphatic carbocycles. The maximum Gasteiger partial charge on any atom is 0.180 e. The van der Waals surface area contributed by atoms with E-state index in [-0.39, 0.29) is 4.90 Å². The quantitative estimate of drug-likeness (QED) is 0.748. The van der Waals surface area contributed by atoms with E-state index < -0.39 is 9.84 Å². The summed E-state index contributed by atoms with van der Waals surface area (Å²) in [7, 11) is -3.32. The van der Waals surface area contributed by atoms with E-state index in [1.165, 1.54) is 17.4 Å². The Hall–Kier alpha value is -1.93. The minimum absolute atomic E-state index is 0.204. The highest BCUT2D eigenvalue weighted by molar-refractivity contribution is 7.91. The molecule has 0 atom stereocenters. The van der Waals surface area contributed by atoms with Gasteiger partial charge in [0.25, 0.3) is 0 Å². The number of anilines is 1. The lowest BCUT2D eigenvalue weighted by atomic mass is 10.3. The van der Waals surface area contributed by atoms with Crippen LogP contribution in [0.5, 0.6) is 0 Å². The van der Waals surface area contributed by atoms with Crippen molar-refractivity contribution in [3.05, 3.63) is 23.6 Å². The monoisotopic (exact) mass is 294 g/mol. The van der Waals surface area contributed by atoms with Crippen LogP contribution in [0, 0.1) is 0 Å². The number of fused-ring (bicyclic) bond motifs is 1. The lowest BCUT2D eigenvalue weighted by molar-refractivity contribution is 0.602. The molecule has 3 N–H and O–H groups in total. The number of nitrogen functional groups attached to an aromatic ring is 1. The van der Waals surface area contributed by atoms with E-state index >= 15 is 0 Å².